The number of nitrogens with zero attached hydrogens (tertiary/aromatic N) is 4. The Kier molecular flexibility index (Phi) is 4.29. The number of hydrogen-bond donors (Lipinski definition) is 0. The van der Waals surface area contributed by atoms with Crippen molar-refractivity contribution in [3.63, 3.8) is 0 Å². The lowest BCUT2D eigenvalue weighted by atomic mass is 10.1. The maximum Gasteiger partial charge on any atom is 0.416 e. The Balaban J connectivity index is 1.62. The van der Waals surface area contributed by atoms with Crippen LogP contribution in [0.1, 0.15) is 11.1 Å². The maximum absolute atomic E-state index is 13.9. The van der Waals surface area contributed by atoms with Gasteiger partial charge in [0.25, 0.3) is 0 Å². The van der Waals surface area contributed by atoms with E-state index < -0.39 is 23.4 Å². The van der Waals surface area contributed by atoms with Gasteiger partial charge >= 0.3 is 6.18 Å². The summed E-state index contributed by atoms with van der Waals surface area (Å²) in [6.45, 7) is 0.262. The molecule has 0 saturated heterocycles. The second-order valence-electron chi connectivity index (χ2n) is 6.10. The van der Waals surface area contributed by atoms with E-state index in [1.165, 1.54) is 30.6 Å². The summed E-state index contributed by atoms with van der Waals surface area (Å²) < 4.78 is 66.9. The number of fused-ring (bicyclic) bond motifs is 1. The van der Waals surface area contributed by atoms with Crippen LogP contribution in [-0.2, 0) is 12.7 Å². The molecule has 2 aromatic carbocycles. The van der Waals surface area contributed by atoms with Crippen molar-refractivity contribution in [2.75, 3.05) is 0 Å². The molecule has 2 aliphatic rings. The van der Waals surface area contributed by atoms with Gasteiger partial charge in [-0.1, -0.05) is 18.2 Å². The molecule has 4 nitrogen and oxygen atoms in total. The first-order valence-corrected chi connectivity index (χ1v) is 8.11. The summed E-state index contributed by atoms with van der Waals surface area (Å²) in [4.78, 5) is 12.4. The Morgan fingerprint density at radius 2 is 1.64 bits per heavy atom. The summed E-state index contributed by atoms with van der Waals surface area (Å²) in [7, 11) is 0. The number of rotatable bonds is 3. The van der Waals surface area contributed by atoms with Crippen LogP contribution in [0, 0.1) is 11.6 Å². The molecule has 0 aromatic heterocycles. The second kappa shape index (κ2) is 6.66. The van der Waals surface area contributed by atoms with Crippen LogP contribution in [0.2, 0.25) is 0 Å². The minimum absolute atomic E-state index is 0.00628. The minimum Gasteiger partial charge on any atom is -0.332 e. The van der Waals surface area contributed by atoms with Gasteiger partial charge in [0.15, 0.2) is 23.3 Å². The predicted octanol–water partition coefficient (Wildman–Crippen LogP) is 4.79. The van der Waals surface area contributed by atoms with Gasteiger partial charge in [-0.25, -0.2) is 23.7 Å². The monoisotopic (exact) mass is 390 g/mol. The fraction of sp³-hybridized carbons (Fsp3) is 0.105. The van der Waals surface area contributed by atoms with Crippen LogP contribution in [0.4, 0.5) is 22.0 Å². The average Bonchev–Trinajstić information content (AvgIpc) is 3.07. The Labute approximate surface area is 155 Å². The second-order valence-corrected chi connectivity index (χ2v) is 6.10. The zero-order valence-electron chi connectivity index (χ0n) is 14.1. The van der Waals surface area contributed by atoms with E-state index >= 15 is 0 Å². The third-order valence-electron chi connectivity index (χ3n) is 4.12. The molecule has 0 unspecified atom stereocenters. The Morgan fingerprint density at radius 3 is 2.36 bits per heavy atom. The van der Waals surface area contributed by atoms with E-state index in [0.29, 0.717) is 11.3 Å². The van der Waals surface area contributed by atoms with Gasteiger partial charge in [-0.15, -0.1) is 0 Å². The molecule has 9 heteroatoms. The fourth-order valence-corrected chi connectivity index (χ4v) is 2.74. The summed E-state index contributed by atoms with van der Waals surface area (Å²) in [5.74, 6) is -1.79. The quantitative estimate of drug-likeness (QED) is 0.473. The molecule has 2 aromatic rings. The molecule has 0 aliphatic carbocycles. The van der Waals surface area contributed by atoms with Gasteiger partial charge in [0.2, 0.25) is 0 Å². The van der Waals surface area contributed by atoms with Gasteiger partial charge < -0.3 is 4.57 Å². The van der Waals surface area contributed by atoms with E-state index in [2.05, 4.69) is 15.0 Å². The Hall–Kier alpha value is -3.36. The van der Waals surface area contributed by atoms with E-state index in [-0.39, 0.29) is 23.8 Å². The summed E-state index contributed by atoms with van der Waals surface area (Å²) in [5.41, 5.74) is 0.189. The number of imidazole rings is 1. The topological polar surface area (TPSA) is 43.6 Å². The zero-order chi connectivity index (χ0) is 19.9. The molecular formula is C19H11F5N4. The first-order valence-electron chi connectivity index (χ1n) is 8.11. The molecule has 0 amide bonds. The highest BCUT2D eigenvalue weighted by atomic mass is 19.4. The molecule has 0 fully saturated rings. The lowest BCUT2D eigenvalue weighted by Crippen LogP contribution is -2.06. The van der Waals surface area contributed by atoms with Crippen LogP contribution in [0.3, 0.4) is 0 Å². The first-order chi connectivity index (χ1) is 13.3. The fourth-order valence-electron chi connectivity index (χ4n) is 2.74. The number of hydrogen-bond acceptors (Lipinski definition) is 3. The number of benzene rings is 2. The third kappa shape index (κ3) is 3.42. The SMILES string of the molecule is Fc1cccc(-c2nc3cn(Cc4ccc(C(F)(F)F)cc4)cnc-3n2)c1F. The first kappa shape index (κ1) is 18.0. The molecule has 0 N–H and O–H groups in total. The van der Waals surface area contributed by atoms with E-state index in [1.807, 2.05) is 0 Å². The number of alkyl halides is 3. The summed E-state index contributed by atoms with van der Waals surface area (Å²) in [5, 5.41) is 0. The number of halogens is 5. The van der Waals surface area contributed by atoms with E-state index in [9.17, 15) is 22.0 Å². The zero-order valence-corrected chi connectivity index (χ0v) is 14.1. The minimum atomic E-state index is -4.39. The van der Waals surface area contributed by atoms with Gasteiger partial charge in [-0.05, 0) is 29.8 Å². The van der Waals surface area contributed by atoms with Crippen molar-refractivity contribution in [2.24, 2.45) is 0 Å². The van der Waals surface area contributed by atoms with Gasteiger partial charge in [-0.3, -0.25) is 0 Å². The highest BCUT2D eigenvalue weighted by Crippen LogP contribution is 2.29. The largest absolute Gasteiger partial charge is 0.416 e. The molecule has 0 bridgehead atoms. The van der Waals surface area contributed by atoms with Crippen LogP contribution in [0.25, 0.3) is 22.9 Å². The molecule has 0 spiro atoms. The Morgan fingerprint density at radius 1 is 0.893 bits per heavy atom. The molecule has 0 saturated carbocycles. The van der Waals surface area contributed by atoms with Crippen molar-refractivity contribution in [3.8, 4) is 22.9 Å². The summed E-state index contributed by atoms with van der Waals surface area (Å²) in [6.07, 6.45) is -1.35. The molecule has 2 heterocycles. The van der Waals surface area contributed by atoms with Crippen LogP contribution in [0.15, 0.2) is 55.0 Å². The van der Waals surface area contributed by atoms with Crippen molar-refractivity contribution in [1.29, 1.82) is 0 Å². The van der Waals surface area contributed by atoms with E-state index in [4.69, 9.17) is 0 Å². The lowest BCUT2D eigenvalue weighted by Gasteiger charge is -2.09. The smallest absolute Gasteiger partial charge is 0.332 e. The van der Waals surface area contributed by atoms with Gasteiger partial charge in [0, 0.05) is 12.7 Å². The van der Waals surface area contributed by atoms with Crippen LogP contribution >= 0.6 is 0 Å². The molecule has 0 atom stereocenters. The summed E-state index contributed by atoms with van der Waals surface area (Å²) in [6, 6.07) is 8.49. The molecule has 28 heavy (non-hydrogen) atoms. The van der Waals surface area contributed by atoms with E-state index in [0.717, 1.165) is 18.2 Å². The Bertz CT molecular complexity index is 1100. The van der Waals surface area contributed by atoms with Crippen molar-refractivity contribution >= 4 is 0 Å². The number of aromatic nitrogens is 4. The van der Waals surface area contributed by atoms with Crippen LogP contribution in [0.5, 0.6) is 0 Å². The predicted molar refractivity (Wildman–Crippen MR) is 90.3 cm³/mol. The van der Waals surface area contributed by atoms with Crippen molar-refractivity contribution in [1.82, 2.24) is 19.5 Å². The summed E-state index contributed by atoms with van der Waals surface area (Å²) >= 11 is 0. The molecule has 2 aliphatic heterocycles. The molecule has 142 valence electrons. The van der Waals surface area contributed by atoms with E-state index in [1.54, 1.807) is 10.8 Å². The molecular weight excluding hydrogens is 379 g/mol. The molecule has 4 rings (SSSR count). The highest BCUT2D eigenvalue weighted by Gasteiger charge is 2.29. The lowest BCUT2D eigenvalue weighted by molar-refractivity contribution is -0.137. The maximum atomic E-state index is 13.9. The normalized spacial score (nSPS) is 11.9. The van der Waals surface area contributed by atoms with Gasteiger partial charge in [0.05, 0.1) is 17.5 Å². The van der Waals surface area contributed by atoms with Crippen molar-refractivity contribution in [3.05, 3.63) is 77.8 Å². The van der Waals surface area contributed by atoms with Gasteiger partial charge in [0.1, 0.15) is 5.69 Å². The van der Waals surface area contributed by atoms with Crippen molar-refractivity contribution in [2.45, 2.75) is 12.7 Å². The standard InChI is InChI=1S/C19H11F5N4/c20-14-3-1-2-13(16(14)21)17-26-15-9-28(10-25-18(15)27-17)8-11-4-6-12(7-5-11)19(22,23)24/h1-7,9-10H,8H2. The van der Waals surface area contributed by atoms with Crippen LogP contribution in [-0.4, -0.2) is 19.5 Å². The molecule has 0 radical (unpaired) electrons. The van der Waals surface area contributed by atoms with Gasteiger partial charge in [-0.2, -0.15) is 13.2 Å². The third-order valence-corrected chi connectivity index (χ3v) is 4.12. The van der Waals surface area contributed by atoms with Crippen LogP contribution < -0.4 is 0 Å². The van der Waals surface area contributed by atoms with Crippen molar-refractivity contribution < 1.29 is 22.0 Å². The highest BCUT2D eigenvalue weighted by molar-refractivity contribution is 5.63. The average molecular weight is 390 g/mol.